The molecule has 0 aromatic rings. The number of nitrogens with one attached hydrogen (secondary N) is 1. The highest BCUT2D eigenvalue weighted by molar-refractivity contribution is 5.78. The zero-order valence-electron chi connectivity index (χ0n) is 10.3. The van der Waals surface area contributed by atoms with Crippen molar-refractivity contribution in [1.82, 2.24) is 5.32 Å². The first-order valence-corrected chi connectivity index (χ1v) is 5.49. The largest absolute Gasteiger partial charge is 0.377 e. The van der Waals surface area contributed by atoms with E-state index in [-0.39, 0.29) is 17.4 Å². The third kappa shape index (κ3) is 5.74. The molecule has 4 heteroatoms. The molecular formula is C11H24N2O2. The normalized spacial score (nSPS) is 13.7. The first kappa shape index (κ1) is 14.4. The lowest BCUT2D eigenvalue weighted by Crippen LogP contribution is -2.43. The average Bonchev–Trinajstić information content (AvgIpc) is 2.22. The van der Waals surface area contributed by atoms with Gasteiger partial charge in [-0.1, -0.05) is 13.3 Å². The lowest BCUT2D eigenvalue weighted by molar-refractivity contribution is -0.126. The molecular weight excluding hydrogens is 192 g/mol. The summed E-state index contributed by atoms with van der Waals surface area (Å²) in [5.74, 6) is -0.0351. The Balaban J connectivity index is 4.01. The van der Waals surface area contributed by atoms with Gasteiger partial charge >= 0.3 is 0 Å². The van der Waals surface area contributed by atoms with Crippen molar-refractivity contribution in [1.29, 1.82) is 0 Å². The van der Waals surface area contributed by atoms with Gasteiger partial charge in [0.15, 0.2) is 0 Å². The number of amides is 1. The minimum Gasteiger partial charge on any atom is -0.377 e. The van der Waals surface area contributed by atoms with E-state index in [0.29, 0.717) is 13.1 Å². The van der Waals surface area contributed by atoms with E-state index in [9.17, 15) is 4.79 Å². The standard InChI is InChI=1S/C11H24N2O2/c1-5-6-9(7-12)10(14)13-8-11(2,3)15-4/h9H,5-8,12H2,1-4H3,(H,13,14). The molecule has 0 radical (unpaired) electrons. The van der Waals surface area contributed by atoms with Crippen LogP contribution >= 0.6 is 0 Å². The number of carbonyl (C=O) groups excluding carboxylic acids is 1. The second-order valence-corrected chi connectivity index (χ2v) is 4.40. The van der Waals surface area contributed by atoms with Crippen LogP contribution in [0.1, 0.15) is 33.6 Å². The van der Waals surface area contributed by atoms with E-state index in [1.165, 1.54) is 0 Å². The van der Waals surface area contributed by atoms with Gasteiger partial charge in [-0.2, -0.15) is 0 Å². The van der Waals surface area contributed by atoms with Crippen LogP contribution in [0.4, 0.5) is 0 Å². The highest BCUT2D eigenvalue weighted by Gasteiger charge is 2.20. The van der Waals surface area contributed by atoms with Gasteiger partial charge in [-0.3, -0.25) is 4.79 Å². The van der Waals surface area contributed by atoms with Crippen LogP contribution in [0, 0.1) is 5.92 Å². The van der Waals surface area contributed by atoms with Gasteiger partial charge < -0.3 is 15.8 Å². The van der Waals surface area contributed by atoms with Crippen molar-refractivity contribution < 1.29 is 9.53 Å². The summed E-state index contributed by atoms with van der Waals surface area (Å²) in [6, 6.07) is 0. The minimum atomic E-state index is -0.318. The molecule has 0 aromatic carbocycles. The van der Waals surface area contributed by atoms with Crippen LogP contribution in [0.3, 0.4) is 0 Å². The number of hydrogen-bond donors (Lipinski definition) is 2. The van der Waals surface area contributed by atoms with Gasteiger partial charge in [-0.15, -0.1) is 0 Å². The molecule has 0 saturated heterocycles. The van der Waals surface area contributed by atoms with Crippen LogP contribution in [0.5, 0.6) is 0 Å². The molecule has 4 nitrogen and oxygen atoms in total. The number of rotatable bonds is 7. The average molecular weight is 216 g/mol. The molecule has 1 amide bonds. The third-order valence-corrected chi connectivity index (χ3v) is 2.53. The molecule has 0 aromatic heterocycles. The number of ether oxygens (including phenoxy) is 1. The van der Waals surface area contributed by atoms with E-state index < -0.39 is 0 Å². The van der Waals surface area contributed by atoms with Gasteiger partial charge in [-0.05, 0) is 20.3 Å². The first-order chi connectivity index (χ1) is 6.96. The molecule has 0 aliphatic heterocycles. The Hall–Kier alpha value is -0.610. The van der Waals surface area contributed by atoms with E-state index in [1.54, 1.807) is 7.11 Å². The number of hydrogen-bond acceptors (Lipinski definition) is 3. The minimum absolute atomic E-state index is 0.0319. The molecule has 0 heterocycles. The fourth-order valence-electron chi connectivity index (χ4n) is 1.22. The van der Waals surface area contributed by atoms with Gasteiger partial charge in [0.05, 0.1) is 11.5 Å². The Kier molecular flexibility index (Phi) is 6.52. The molecule has 3 N–H and O–H groups in total. The maximum atomic E-state index is 11.7. The number of carbonyl (C=O) groups is 1. The predicted molar refractivity (Wildman–Crippen MR) is 61.6 cm³/mol. The molecule has 0 aliphatic rings. The Morgan fingerprint density at radius 2 is 2.13 bits per heavy atom. The zero-order chi connectivity index (χ0) is 11.9. The molecule has 0 saturated carbocycles. The van der Waals surface area contributed by atoms with Crippen molar-refractivity contribution in [3.63, 3.8) is 0 Å². The van der Waals surface area contributed by atoms with E-state index in [1.807, 2.05) is 13.8 Å². The Morgan fingerprint density at radius 1 is 1.53 bits per heavy atom. The molecule has 1 atom stereocenters. The summed E-state index contributed by atoms with van der Waals surface area (Å²) in [5, 5.41) is 2.87. The number of nitrogens with two attached hydrogens (primary N) is 1. The van der Waals surface area contributed by atoms with Crippen molar-refractivity contribution in [3.05, 3.63) is 0 Å². The Morgan fingerprint density at radius 3 is 2.53 bits per heavy atom. The SMILES string of the molecule is CCCC(CN)C(=O)NCC(C)(C)OC. The quantitative estimate of drug-likeness (QED) is 0.664. The van der Waals surface area contributed by atoms with Crippen LogP contribution in [0.2, 0.25) is 0 Å². The van der Waals surface area contributed by atoms with Gasteiger partial charge in [0.1, 0.15) is 0 Å². The van der Waals surface area contributed by atoms with Crippen LogP contribution in [0.15, 0.2) is 0 Å². The van der Waals surface area contributed by atoms with E-state index in [2.05, 4.69) is 12.2 Å². The van der Waals surface area contributed by atoms with Gasteiger partial charge in [0.25, 0.3) is 0 Å². The van der Waals surface area contributed by atoms with Crippen LogP contribution < -0.4 is 11.1 Å². The first-order valence-electron chi connectivity index (χ1n) is 5.49. The highest BCUT2D eigenvalue weighted by Crippen LogP contribution is 2.08. The van der Waals surface area contributed by atoms with Crippen molar-refractivity contribution in [2.45, 2.75) is 39.2 Å². The maximum absolute atomic E-state index is 11.7. The van der Waals surface area contributed by atoms with Crippen LogP contribution in [-0.2, 0) is 9.53 Å². The molecule has 0 aliphatic carbocycles. The summed E-state index contributed by atoms with van der Waals surface area (Å²) >= 11 is 0. The molecule has 15 heavy (non-hydrogen) atoms. The third-order valence-electron chi connectivity index (χ3n) is 2.53. The van der Waals surface area contributed by atoms with Gasteiger partial charge in [-0.25, -0.2) is 0 Å². The van der Waals surface area contributed by atoms with Crippen molar-refractivity contribution in [2.75, 3.05) is 20.2 Å². The van der Waals surface area contributed by atoms with E-state index in [0.717, 1.165) is 12.8 Å². The molecule has 0 fully saturated rings. The summed E-state index contributed by atoms with van der Waals surface area (Å²) in [5.41, 5.74) is 5.22. The second kappa shape index (κ2) is 6.80. The highest BCUT2D eigenvalue weighted by atomic mass is 16.5. The predicted octanol–water partition coefficient (Wildman–Crippen LogP) is 0.903. The van der Waals surface area contributed by atoms with Crippen molar-refractivity contribution >= 4 is 5.91 Å². The monoisotopic (exact) mass is 216 g/mol. The summed E-state index contributed by atoms with van der Waals surface area (Å²) in [6.45, 7) is 6.85. The lowest BCUT2D eigenvalue weighted by Gasteiger charge is -2.24. The molecule has 0 bridgehead atoms. The fraction of sp³-hybridized carbons (Fsp3) is 0.909. The van der Waals surface area contributed by atoms with Gasteiger partial charge in [0, 0.05) is 20.2 Å². The Labute approximate surface area is 92.6 Å². The number of methoxy groups -OCH3 is 1. The molecule has 0 spiro atoms. The summed E-state index contributed by atoms with van der Waals surface area (Å²) < 4.78 is 5.22. The van der Waals surface area contributed by atoms with E-state index in [4.69, 9.17) is 10.5 Å². The van der Waals surface area contributed by atoms with Crippen molar-refractivity contribution in [3.8, 4) is 0 Å². The van der Waals surface area contributed by atoms with Crippen molar-refractivity contribution in [2.24, 2.45) is 11.7 Å². The lowest BCUT2D eigenvalue weighted by atomic mass is 10.0. The zero-order valence-corrected chi connectivity index (χ0v) is 10.3. The second-order valence-electron chi connectivity index (χ2n) is 4.40. The molecule has 0 rings (SSSR count). The van der Waals surface area contributed by atoms with Gasteiger partial charge in [0.2, 0.25) is 5.91 Å². The molecule has 1 unspecified atom stereocenters. The summed E-state index contributed by atoms with van der Waals surface area (Å²) in [7, 11) is 1.64. The van der Waals surface area contributed by atoms with Crippen LogP contribution in [0.25, 0.3) is 0 Å². The fourth-order valence-corrected chi connectivity index (χ4v) is 1.22. The molecule has 90 valence electrons. The maximum Gasteiger partial charge on any atom is 0.224 e. The summed E-state index contributed by atoms with van der Waals surface area (Å²) in [6.07, 6.45) is 1.82. The van der Waals surface area contributed by atoms with Crippen LogP contribution in [-0.4, -0.2) is 31.7 Å². The topological polar surface area (TPSA) is 64.4 Å². The van der Waals surface area contributed by atoms with E-state index >= 15 is 0 Å². The summed E-state index contributed by atoms with van der Waals surface area (Å²) in [4.78, 5) is 11.7. The Bertz CT molecular complexity index is 193. The smallest absolute Gasteiger partial charge is 0.224 e.